The predicted octanol–water partition coefficient (Wildman–Crippen LogP) is 8.26. The van der Waals surface area contributed by atoms with Crippen LogP contribution < -0.4 is 14.8 Å². The van der Waals surface area contributed by atoms with Gasteiger partial charge in [0.1, 0.15) is 18.1 Å². The first kappa shape index (κ1) is 39.5. The van der Waals surface area contributed by atoms with Gasteiger partial charge in [0.05, 0.1) is 36.8 Å². The van der Waals surface area contributed by atoms with E-state index in [2.05, 4.69) is 5.32 Å². The number of nitrogens with one attached hydrogen (secondary N) is 1. The Morgan fingerprint density at radius 1 is 0.769 bits per heavy atom. The number of rotatable bonds is 14. The highest BCUT2D eigenvalue weighted by molar-refractivity contribution is 6.03. The number of carbonyl (C=O) groups is 4. The smallest absolute Gasteiger partial charge is 0.338 e. The number of Topliss-reactive ketones (excluding diaryl/α,β-unsaturated/α-hetero) is 2. The van der Waals surface area contributed by atoms with Crippen molar-refractivity contribution in [3.63, 3.8) is 0 Å². The summed E-state index contributed by atoms with van der Waals surface area (Å²) in [6.07, 6.45) is 13.3. The molecule has 2 aromatic rings. The van der Waals surface area contributed by atoms with Crippen LogP contribution in [0.25, 0.3) is 0 Å². The first-order chi connectivity index (χ1) is 25.0. The normalized spacial score (nSPS) is 24.7. The van der Waals surface area contributed by atoms with E-state index in [0.717, 1.165) is 69.8 Å². The lowest BCUT2D eigenvalue weighted by Gasteiger charge is -2.57. The molecule has 2 aromatic carbocycles. The number of methoxy groups -OCH3 is 2. The summed E-state index contributed by atoms with van der Waals surface area (Å²) in [7, 11) is 3.04. The summed E-state index contributed by atoms with van der Waals surface area (Å²) < 4.78 is 16.1. The standard InChI is InChI=1S/C43H60N2O7/c1-7-42(3,38(46)30-23-21-29(22-24-30)28-52-41(49)31-25-32(50-5)27-33(26-31)51-6)44-36-19-15-11-9-13-17-34(36)39(47)43(4,8-2)45-37-20-16-12-10-14-18-35(37)40(45)48/h21-27,34-37,44H,7-20,28H2,1-6H3/t34-,35-,36+,37+,42?,43?/m1/s1. The largest absolute Gasteiger partial charge is 0.497 e. The van der Waals surface area contributed by atoms with Crippen LogP contribution in [0.5, 0.6) is 11.5 Å². The highest BCUT2D eigenvalue weighted by Gasteiger charge is 2.57. The Balaban J connectivity index is 1.30. The third kappa shape index (κ3) is 8.40. The van der Waals surface area contributed by atoms with E-state index >= 15 is 0 Å². The number of carbonyl (C=O) groups excluding carboxylic acids is 4. The van der Waals surface area contributed by atoms with Gasteiger partial charge in [0.2, 0.25) is 5.91 Å². The van der Waals surface area contributed by atoms with Crippen molar-refractivity contribution in [2.75, 3.05) is 14.2 Å². The second-order valence-electron chi connectivity index (χ2n) is 15.6. The lowest BCUT2D eigenvalue weighted by molar-refractivity contribution is -0.176. The van der Waals surface area contributed by atoms with Crippen LogP contribution >= 0.6 is 0 Å². The van der Waals surface area contributed by atoms with E-state index in [1.165, 1.54) is 27.1 Å². The number of fused-ring (bicyclic) bond motifs is 1. The van der Waals surface area contributed by atoms with E-state index in [0.29, 0.717) is 35.5 Å². The summed E-state index contributed by atoms with van der Waals surface area (Å²) in [5.41, 5.74) is -0.132. The van der Waals surface area contributed by atoms with Gasteiger partial charge >= 0.3 is 5.97 Å². The number of hydrogen-bond donors (Lipinski definition) is 1. The minimum absolute atomic E-state index is 0.0381. The molecule has 0 spiro atoms. The average Bonchev–Trinajstić information content (AvgIpc) is 3.15. The lowest BCUT2D eigenvalue weighted by Crippen LogP contribution is -2.72. The van der Waals surface area contributed by atoms with Gasteiger partial charge in [-0.1, -0.05) is 89.5 Å². The molecule has 3 aliphatic rings. The molecule has 0 radical (unpaired) electrons. The highest BCUT2D eigenvalue weighted by Crippen LogP contribution is 2.44. The van der Waals surface area contributed by atoms with E-state index in [4.69, 9.17) is 14.2 Å². The summed E-state index contributed by atoms with van der Waals surface area (Å²) in [5.74, 6) is 0.520. The molecule has 52 heavy (non-hydrogen) atoms. The molecule has 1 amide bonds. The average molecular weight is 717 g/mol. The Labute approximate surface area is 310 Å². The Morgan fingerprint density at radius 3 is 1.96 bits per heavy atom. The number of benzene rings is 2. The first-order valence-corrected chi connectivity index (χ1v) is 19.7. The summed E-state index contributed by atoms with van der Waals surface area (Å²) in [5, 5.41) is 3.76. The van der Waals surface area contributed by atoms with Gasteiger partial charge in [0.15, 0.2) is 11.6 Å². The van der Waals surface area contributed by atoms with Crippen LogP contribution in [-0.2, 0) is 20.9 Å². The summed E-state index contributed by atoms with van der Waals surface area (Å²) in [6.45, 7) is 8.06. The van der Waals surface area contributed by atoms with E-state index in [1.807, 2.05) is 44.7 Å². The van der Waals surface area contributed by atoms with Crippen LogP contribution in [0.2, 0.25) is 0 Å². The van der Waals surface area contributed by atoms with E-state index in [9.17, 15) is 19.2 Å². The summed E-state index contributed by atoms with van der Waals surface area (Å²) in [4.78, 5) is 57.6. The van der Waals surface area contributed by atoms with Crippen molar-refractivity contribution in [3.8, 4) is 11.5 Å². The molecule has 9 nitrogen and oxygen atoms in total. The lowest BCUT2D eigenvalue weighted by atomic mass is 9.69. The summed E-state index contributed by atoms with van der Waals surface area (Å²) in [6, 6.07) is 12.0. The number of hydrogen-bond acceptors (Lipinski definition) is 8. The van der Waals surface area contributed by atoms with Crippen molar-refractivity contribution in [1.29, 1.82) is 0 Å². The molecule has 3 fully saturated rings. The van der Waals surface area contributed by atoms with Crippen LogP contribution in [0.4, 0.5) is 0 Å². The molecule has 5 rings (SSSR count). The maximum atomic E-state index is 14.9. The van der Waals surface area contributed by atoms with Crippen LogP contribution in [0, 0.1) is 11.8 Å². The van der Waals surface area contributed by atoms with Crippen molar-refractivity contribution >= 4 is 23.4 Å². The van der Waals surface area contributed by atoms with Gasteiger partial charge in [-0.2, -0.15) is 0 Å². The Hall–Kier alpha value is -3.72. The SMILES string of the molecule is CCC(C)(N[C@H]1CCCCCC[C@H]1C(=O)C(C)(CC)N1C(=O)[C@@H]2CCCCCC[C@@H]21)C(=O)c1ccc(COC(=O)c2cc(OC)cc(OC)c2)cc1. The second kappa shape index (κ2) is 17.4. The summed E-state index contributed by atoms with van der Waals surface area (Å²) >= 11 is 0. The maximum Gasteiger partial charge on any atom is 0.338 e. The van der Waals surface area contributed by atoms with Gasteiger partial charge in [-0.25, -0.2) is 4.79 Å². The molecule has 1 saturated heterocycles. The number of ketones is 2. The molecule has 1 heterocycles. The Kier molecular flexibility index (Phi) is 13.2. The fraction of sp³-hybridized carbons (Fsp3) is 0.628. The van der Waals surface area contributed by atoms with Gasteiger partial charge in [-0.05, 0) is 70.1 Å². The predicted molar refractivity (Wildman–Crippen MR) is 202 cm³/mol. The molecule has 0 aromatic heterocycles. The molecule has 6 atom stereocenters. The number of esters is 1. The molecular formula is C43H60N2O7. The number of amides is 1. The zero-order valence-electron chi connectivity index (χ0n) is 32.3. The van der Waals surface area contributed by atoms with Crippen LogP contribution in [0.1, 0.15) is 144 Å². The molecule has 2 saturated carbocycles. The zero-order chi connectivity index (χ0) is 37.5. The van der Waals surface area contributed by atoms with Crippen molar-refractivity contribution in [3.05, 3.63) is 59.2 Å². The Morgan fingerprint density at radius 2 is 1.37 bits per heavy atom. The van der Waals surface area contributed by atoms with Gasteiger partial charge < -0.3 is 24.4 Å². The van der Waals surface area contributed by atoms with E-state index in [1.54, 1.807) is 30.3 Å². The fourth-order valence-electron chi connectivity index (χ4n) is 8.73. The van der Waals surface area contributed by atoms with Crippen molar-refractivity contribution in [1.82, 2.24) is 10.2 Å². The Bertz CT molecular complexity index is 1550. The molecule has 1 N–H and O–H groups in total. The topological polar surface area (TPSA) is 111 Å². The molecule has 9 heteroatoms. The van der Waals surface area contributed by atoms with Crippen LogP contribution in [0.3, 0.4) is 0 Å². The number of ether oxygens (including phenoxy) is 3. The zero-order valence-corrected chi connectivity index (χ0v) is 32.3. The fourth-order valence-corrected chi connectivity index (χ4v) is 8.73. The van der Waals surface area contributed by atoms with Crippen LogP contribution in [0.15, 0.2) is 42.5 Å². The maximum absolute atomic E-state index is 14.9. The third-order valence-corrected chi connectivity index (χ3v) is 12.4. The molecular weight excluding hydrogens is 656 g/mol. The number of β-lactam (4-membered cyclic amide) rings is 1. The monoisotopic (exact) mass is 716 g/mol. The van der Waals surface area contributed by atoms with Gasteiger partial charge in [0, 0.05) is 29.6 Å². The molecule has 0 bridgehead atoms. The van der Waals surface area contributed by atoms with Gasteiger partial charge in [-0.15, -0.1) is 0 Å². The van der Waals surface area contributed by atoms with Crippen molar-refractivity contribution in [2.45, 2.75) is 147 Å². The minimum Gasteiger partial charge on any atom is -0.497 e. The van der Waals surface area contributed by atoms with Gasteiger partial charge in [0.25, 0.3) is 0 Å². The quantitative estimate of drug-likeness (QED) is 0.118. The first-order valence-electron chi connectivity index (χ1n) is 19.7. The molecule has 284 valence electrons. The van der Waals surface area contributed by atoms with Gasteiger partial charge in [-0.3, -0.25) is 14.4 Å². The van der Waals surface area contributed by atoms with Crippen molar-refractivity contribution in [2.24, 2.45) is 11.8 Å². The molecule has 2 aliphatic carbocycles. The van der Waals surface area contributed by atoms with E-state index in [-0.39, 0.29) is 48.0 Å². The molecule has 1 aliphatic heterocycles. The molecule has 2 unspecified atom stereocenters. The third-order valence-electron chi connectivity index (χ3n) is 12.4. The van der Waals surface area contributed by atoms with Crippen LogP contribution in [-0.4, -0.2) is 65.7 Å². The highest BCUT2D eigenvalue weighted by atomic mass is 16.5. The number of nitrogens with zero attached hydrogens (tertiary/aromatic N) is 1. The van der Waals surface area contributed by atoms with Crippen molar-refractivity contribution < 1.29 is 33.4 Å². The number of likely N-dealkylation sites (tertiary alicyclic amines) is 1. The van der Waals surface area contributed by atoms with E-state index < -0.39 is 17.0 Å². The second-order valence-corrected chi connectivity index (χ2v) is 15.6. The minimum atomic E-state index is -0.901.